The standard InChI is InChI=1S/C18H24S/c1-2-9-16-13-17(11-3-1)19-18(14-16)12-6-10-15-7-4-5-8-15/h2-3,9,11,13-16H,1,4-8,10,12H2/b9-2-,11-3-. The minimum atomic E-state index is 0.544. The molecule has 1 saturated carbocycles. The summed E-state index contributed by atoms with van der Waals surface area (Å²) in [4.78, 5) is 3.05. The van der Waals surface area contributed by atoms with Crippen molar-refractivity contribution in [1.82, 2.24) is 0 Å². The second-order valence-corrected chi connectivity index (χ2v) is 7.19. The topological polar surface area (TPSA) is 0 Å². The first-order valence-corrected chi connectivity index (χ1v) is 8.65. The van der Waals surface area contributed by atoms with Crippen LogP contribution in [0.25, 0.3) is 0 Å². The Kier molecular flexibility index (Phi) is 4.66. The average Bonchev–Trinajstić information content (AvgIpc) is 2.90. The molecule has 0 aromatic rings. The Morgan fingerprint density at radius 1 is 1.11 bits per heavy atom. The molecule has 1 unspecified atom stereocenters. The molecule has 1 heterocycles. The summed E-state index contributed by atoms with van der Waals surface area (Å²) in [5, 5.41) is 0. The first-order valence-electron chi connectivity index (χ1n) is 7.84. The zero-order chi connectivity index (χ0) is 12.9. The lowest BCUT2D eigenvalue weighted by Crippen LogP contribution is -1.99. The molecule has 0 radical (unpaired) electrons. The highest BCUT2D eigenvalue weighted by molar-refractivity contribution is 8.06. The van der Waals surface area contributed by atoms with Crippen LogP contribution in [0.3, 0.4) is 0 Å². The summed E-state index contributed by atoms with van der Waals surface area (Å²) in [6.45, 7) is 0. The van der Waals surface area contributed by atoms with Gasteiger partial charge in [0.05, 0.1) is 0 Å². The van der Waals surface area contributed by atoms with Gasteiger partial charge in [-0.2, -0.15) is 0 Å². The first kappa shape index (κ1) is 13.3. The van der Waals surface area contributed by atoms with E-state index >= 15 is 0 Å². The fourth-order valence-corrected chi connectivity index (χ4v) is 4.53. The summed E-state index contributed by atoms with van der Waals surface area (Å²) in [6.07, 6.45) is 25.2. The molecule has 2 aliphatic carbocycles. The van der Waals surface area contributed by atoms with Crippen LogP contribution >= 0.6 is 11.8 Å². The van der Waals surface area contributed by atoms with E-state index in [-0.39, 0.29) is 0 Å². The summed E-state index contributed by atoms with van der Waals surface area (Å²) < 4.78 is 0. The van der Waals surface area contributed by atoms with E-state index in [0.29, 0.717) is 5.92 Å². The molecule has 3 aliphatic rings. The van der Waals surface area contributed by atoms with Gasteiger partial charge in [0, 0.05) is 10.8 Å². The van der Waals surface area contributed by atoms with Gasteiger partial charge in [-0.15, -0.1) is 0 Å². The molecule has 0 aromatic carbocycles. The molecule has 0 nitrogen and oxygen atoms in total. The van der Waals surface area contributed by atoms with E-state index in [2.05, 4.69) is 36.5 Å². The molecule has 3 rings (SSSR count). The first-order chi connectivity index (χ1) is 9.40. The van der Waals surface area contributed by atoms with Gasteiger partial charge in [-0.05, 0) is 30.1 Å². The minimum absolute atomic E-state index is 0.544. The highest BCUT2D eigenvalue weighted by Crippen LogP contribution is 2.38. The van der Waals surface area contributed by atoms with Gasteiger partial charge in [-0.1, -0.05) is 80.3 Å². The lowest BCUT2D eigenvalue weighted by molar-refractivity contribution is 0.485. The largest absolute Gasteiger partial charge is 0.0952 e. The minimum Gasteiger partial charge on any atom is -0.0952 e. The molecule has 1 heteroatoms. The highest BCUT2D eigenvalue weighted by Gasteiger charge is 2.16. The van der Waals surface area contributed by atoms with Crippen LogP contribution in [0.5, 0.6) is 0 Å². The van der Waals surface area contributed by atoms with E-state index in [1.165, 1.54) is 49.9 Å². The van der Waals surface area contributed by atoms with E-state index in [9.17, 15) is 0 Å². The molecule has 0 aromatic heterocycles. The van der Waals surface area contributed by atoms with E-state index < -0.39 is 0 Å². The lowest BCUT2D eigenvalue weighted by Gasteiger charge is -2.18. The van der Waals surface area contributed by atoms with Crippen molar-refractivity contribution in [2.24, 2.45) is 11.8 Å². The maximum Gasteiger partial charge on any atom is 0.0152 e. The fraction of sp³-hybridized carbons (Fsp3) is 0.556. The SMILES string of the molecule is C1=C2/C=C\C/C=C\C1C=C(CCCC1CCCC1)S2. The molecular weight excluding hydrogens is 248 g/mol. The smallest absolute Gasteiger partial charge is 0.0152 e. The van der Waals surface area contributed by atoms with Crippen LogP contribution in [-0.4, -0.2) is 0 Å². The normalized spacial score (nSPS) is 30.2. The molecule has 0 spiro atoms. The monoisotopic (exact) mass is 272 g/mol. The van der Waals surface area contributed by atoms with Gasteiger partial charge in [0.1, 0.15) is 0 Å². The zero-order valence-electron chi connectivity index (χ0n) is 11.7. The van der Waals surface area contributed by atoms with Crippen molar-refractivity contribution in [2.45, 2.75) is 51.4 Å². The second kappa shape index (κ2) is 6.65. The molecule has 2 bridgehead atoms. The average molecular weight is 272 g/mol. The Hall–Kier alpha value is -0.690. The van der Waals surface area contributed by atoms with Crippen LogP contribution in [0.4, 0.5) is 0 Å². The molecule has 102 valence electrons. The van der Waals surface area contributed by atoms with Crippen LogP contribution in [0.15, 0.2) is 46.3 Å². The van der Waals surface area contributed by atoms with Crippen molar-refractivity contribution < 1.29 is 0 Å². The molecule has 1 atom stereocenters. The Bertz CT molecular complexity index is 419. The van der Waals surface area contributed by atoms with Gasteiger partial charge in [0.25, 0.3) is 0 Å². The van der Waals surface area contributed by atoms with Crippen molar-refractivity contribution in [3.63, 3.8) is 0 Å². The van der Waals surface area contributed by atoms with Crippen molar-refractivity contribution in [3.05, 3.63) is 46.3 Å². The van der Waals surface area contributed by atoms with Crippen molar-refractivity contribution >= 4 is 11.8 Å². The highest BCUT2D eigenvalue weighted by atomic mass is 32.2. The molecule has 0 saturated heterocycles. The van der Waals surface area contributed by atoms with Gasteiger partial charge in [0.15, 0.2) is 0 Å². The summed E-state index contributed by atoms with van der Waals surface area (Å²) >= 11 is 1.99. The molecule has 19 heavy (non-hydrogen) atoms. The molecule has 1 fully saturated rings. The third kappa shape index (κ3) is 3.89. The third-order valence-electron chi connectivity index (χ3n) is 4.41. The van der Waals surface area contributed by atoms with Crippen LogP contribution in [0.1, 0.15) is 51.4 Å². The number of rotatable bonds is 4. The molecule has 0 N–H and O–H groups in total. The van der Waals surface area contributed by atoms with Crippen LogP contribution in [0.2, 0.25) is 0 Å². The van der Waals surface area contributed by atoms with Crippen LogP contribution in [-0.2, 0) is 0 Å². The number of allylic oxidation sites excluding steroid dienone is 7. The van der Waals surface area contributed by atoms with Crippen molar-refractivity contribution in [1.29, 1.82) is 0 Å². The van der Waals surface area contributed by atoms with E-state index in [1.54, 1.807) is 4.91 Å². The van der Waals surface area contributed by atoms with Gasteiger partial charge in [0.2, 0.25) is 0 Å². The van der Waals surface area contributed by atoms with Gasteiger partial charge in [-0.3, -0.25) is 0 Å². The summed E-state index contributed by atoms with van der Waals surface area (Å²) in [5.74, 6) is 1.58. The predicted molar refractivity (Wildman–Crippen MR) is 86.0 cm³/mol. The lowest BCUT2D eigenvalue weighted by atomic mass is 9.99. The van der Waals surface area contributed by atoms with Crippen LogP contribution in [0, 0.1) is 11.8 Å². The van der Waals surface area contributed by atoms with Crippen molar-refractivity contribution in [2.75, 3.05) is 0 Å². The molecule has 1 aliphatic heterocycles. The zero-order valence-corrected chi connectivity index (χ0v) is 12.5. The number of fused-ring (bicyclic) bond motifs is 1. The molecule has 0 amide bonds. The molecular formula is C18H24S. The van der Waals surface area contributed by atoms with Gasteiger partial charge >= 0.3 is 0 Å². The number of thioether (sulfide) groups is 1. The van der Waals surface area contributed by atoms with E-state index in [4.69, 9.17) is 0 Å². The summed E-state index contributed by atoms with van der Waals surface area (Å²) in [6, 6.07) is 0. The maximum absolute atomic E-state index is 2.47. The Balaban J connectivity index is 1.52. The Morgan fingerprint density at radius 2 is 2.00 bits per heavy atom. The third-order valence-corrected chi connectivity index (χ3v) is 5.52. The predicted octanol–water partition coefficient (Wildman–Crippen LogP) is 5.99. The Morgan fingerprint density at radius 3 is 2.89 bits per heavy atom. The van der Waals surface area contributed by atoms with Crippen LogP contribution < -0.4 is 0 Å². The van der Waals surface area contributed by atoms with Gasteiger partial charge < -0.3 is 0 Å². The van der Waals surface area contributed by atoms with E-state index in [1.807, 2.05) is 11.8 Å². The van der Waals surface area contributed by atoms with E-state index in [0.717, 1.165) is 12.3 Å². The summed E-state index contributed by atoms with van der Waals surface area (Å²) in [7, 11) is 0. The number of hydrogen-bond acceptors (Lipinski definition) is 1. The quantitative estimate of drug-likeness (QED) is 0.566. The van der Waals surface area contributed by atoms with Gasteiger partial charge in [-0.25, -0.2) is 0 Å². The second-order valence-electron chi connectivity index (χ2n) is 5.99. The maximum atomic E-state index is 2.47. The Labute approximate surface area is 121 Å². The summed E-state index contributed by atoms with van der Waals surface area (Å²) in [5.41, 5.74) is 0. The fourth-order valence-electron chi connectivity index (χ4n) is 3.37. The van der Waals surface area contributed by atoms with Crippen molar-refractivity contribution in [3.8, 4) is 0 Å². The number of hydrogen-bond donors (Lipinski definition) is 0.